The van der Waals surface area contributed by atoms with E-state index in [-0.39, 0.29) is 25.9 Å². The van der Waals surface area contributed by atoms with E-state index in [0.29, 0.717) is 34.1 Å². The molecule has 3 aromatic rings. The summed E-state index contributed by atoms with van der Waals surface area (Å²) in [6.07, 6.45) is 1.14. The Labute approximate surface area is 173 Å². The summed E-state index contributed by atoms with van der Waals surface area (Å²) in [5.74, 6) is 0.460. The van der Waals surface area contributed by atoms with Gasteiger partial charge in [-0.25, -0.2) is 12.4 Å². The van der Waals surface area contributed by atoms with E-state index in [1.807, 2.05) is 6.07 Å². The molecule has 2 aromatic carbocycles. The van der Waals surface area contributed by atoms with Gasteiger partial charge in [0.2, 0.25) is 10.0 Å². The van der Waals surface area contributed by atoms with Gasteiger partial charge in [-0.15, -0.1) is 0 Å². The normalized spacial score (nSPS) is 14.1. The molecule has 0 fully saturated rings. The molecule has 0 N–H and O–H groups in total. The van der Waals surface area contributed by atoms with Crippen LogP contribution in [-0.2, 0) is 21.4 Å². The van der Waals surface area contributed by atoms with Crippen molar-refractivity contribution in [2.75, 3.05) is 26.1 Å². The molecule has 0 saturated carbocycles. The summed E-state index contributed by atoms with van der Waals surface area (Å²) >= 11 is 6.02. The molecule has 1 aliphatic heterocycles. The number of rotatable bonds is 6. The number of amides is 1. The highest BCUT2D eigenvalue weighted by Crippen LogP contribution is 2.26. The van der Waals surface area contributed by atoms with E-state index in [1.54, 1.807) is 47.4 Å². The Kier molecular flexibility index (Phi) is 5.24. The summed E-state index contributed by atoms with van der Waals surface area (Å²) in [5, 5.41) is 1.25. The van der Waals surface area contributed by atoms with Crippen molar-refractivity contribution in [3.05, 3.63) is 64.8 Å². The van der Waals surface area contributed by atoms with E-state index >= 15 is 0 Å². The summed E-state index contributed by atoms with van der Waals surface area (Å²) in [7, 11) is -3.52. The minimum Gasteiger partial charge on any atom is -0.472 e. The van der Waals surface area contributed by atoms with Gasteiger partial charge in [0.1, 0.15) is 5.75 Å². The smallest absolute Gasteiger partial charge is 0.260 e. The monoisotopic (exact) mass is 434 g/mol. The van der Waals surface area contributed by atoms with Crippen molar-refractivity contribution in [3.63, 3.8) is 0 Å². The molecule has 0 unspecified atom stereocenters. The molecule has 0 spiro atoms. The van der Waals surface area contributed by atoms with Gasteiger partial charge in [0, 0.05) is 17.0 Å². The van der Waals surface area contributed by atoms with Crippen LogP contribution in [0.5, 0.6) is 5.75 Å². The molecule has 2 heterocycles. The summed E-state index contributed by atoms with van der Waals surface area (Å²) < 4.78 is 37.0. The SMILES string of the molecule is CS(=O)(=O)n1c(COCCN2COc3ccccc3C2=O)cc2cc(Cl)ccc21. The van der Waals surface area contributed by atoms with Gasteiger partial charge in [0.15, 0.2) is 6.73 Å². The van der Waals surface area contributed by atoms with Crippen molar-refractivity contribution in [1.82, 2.24) is 8.87 Å². The van der Waals surface area contributed by atoms with Crippen molar-refractivity contribution < 1.29 is 22.7 Å². The largest absolute Gasteiger partial charge is 0.472 e. The lowest BCUT2D eigenvalue weighted by molar-refractivity contribution is 0.0354. The van der Waals surface area contributed by atoms with Crippen molar-refractivity contribution in [3.8, 4) is 5.75 Å². The van der Waals surface area contributed by atoms with Gasteiger partial charge < -0.3 is 14.4 Å². The van der Waals surface area contributed by atoms with Crippen molar-refractivity contribution >= 4 is 38.4 Å². The van der Waals surface area contributed by atoms with E-state index in [9.17, 15) is 13.2 Å². The third-order valence-electron chi connectivity index (χ3n) is 4.66. The van der Waals surface area contributed by atoms with Crippen LogP contribution in [0.25, 0.3) is 10.9 Å². The van der Waals surface area contributed by atoms with Crippen LogP contribution in [-0.4, -0.2) is 49.3 Å². The van der Waals surface area contributed by atoms with Gasteiger partial charge in [-0.1, -0.05) is 23.7 Å². The van der Waals surface area contributed by atoms with Gasteiger partial charge in [-0.05, 0) is 36.4 Å². The first-order valence-corrected chi connectivity index (χ1v) is 11.2. The second-order valence-electron chi connectivity index (χ2n) is 6.76. The molecule has 0 saturated heterocycles. The molecule has 1 aromatic heterocycles. The van der Waals surface area contributed by atoms with Gasteiger partial charge in [-0.2, -0.15) is 0 Å². The fraction of sp³-hybridized carbons (Fsp3) is 0.250. The van der Waals surface area contributed by atoms with Gasteiger partial charge in [0.25, 0.3) is 5.91 Å². The minimum absolute atomic E-state index is 0.0822. The van der Waals surface area contributed by atoms with Crippen molar-refractivity contribution in [2.24, 2.45) is 0 Å². The molecule has 0 radical (unpaired) electrons. The highest BCUT2D eigenvalue weighted by Gasteiger charge is 2.25. The lowest BCUT2D eigenvalue weighted by Gasteiger charge is -2.28. The number of nitrogens with zero attached hydrogens (tertiary/aromatic N) is 2. The molecule has 1 amide bonds. The summed E-state index contributed by atoms with van der Waals surface area (Å²) in [6.45, 7) is 0.807. The van der Waals surface area contributed by atoms with Gasteiger partial charge in [0.05, 0.1) is 36.2 Å². The van der Waals surface area contributed by atoms with Crippen LogP contribution in [0.1, 0.15) is 16.1 Å². The topological polar surface area (TPSA) is 77.8 Å². The number of fused-ring (bicyclic) bond motifs is 2. The Bertz CT molecular complexity index is 1190. The second-order valence-corrected chi connectivity index (χ2v) is 9.02. The first-order valence-electron chi connectivity index (χ1n) is 8.94. The second kappa shape index (κ2) is 7.70. The van der Waals surface area contributed by atoms with Crippen LogP contribution in [0.3, 0.4) is 0 Å². The predicted octanol–water partition coefficient (Wildman–Crippen LogP) is 3.11. The van der Waals surface area contributed by atoms with Crippen LogP contribution in [0.4, 0.5) is 0 Å². The maximum absolute atomic E-state index is 12.5. The number of carbonyl (C=O) groups is 1. The lowest BCUT2D eigenvalue weighted by Crippen LogP contribution is -2.40. The highest BCUT2D eigenvalue weighted by molar-refractivity contribution is 7.89. The van der Waals surface area contributed by atoms with E-state index in [1.165, 1.54) is 3.97 Å². The van der Waals surface area contributed by atoms with Crippen LogP contribution < -0.4 is 4.74 Å². The molecular weight excluding hydrogens is 416 g/mol. The average molecular weight is 435 g/mol. The molecule has 0 aliphatic carbocycles. The molecule has 7 nitrogen and oxygen atoms in total. The molecule has 4 rings (SSSR count). The van der Waals surface area contributed by atoms with Gasteiger partial charge in [-0.3, -0.25) is 4.79 Å². The Morgan fingerprint density at radius 2 is 1.97 bits per heavy atom. The maximum atomic E-state index is 12.5. The fourth-order valence-corrected chi connectivity index (χ4v) is 4.61. The predicted molar refractivity (Wildman–Crippen MR) is 110 cm³/mol. The zero-order valence-corrected chi connectivity index (χ0v) is 17.2. The number of ether oxygens (including phenoxy) is 2. The average Bonchev–Trinajstić information content (AvgIpc) is 3.04. The van der Waals surface area contributed by atoms with E-state index in [4.69, 9.17) is 21.1 Å². The molecular formula is C20H19ClN2O5S. The van der Waals surface area contributed by atoms with E-state index < -0.39 is 10.0 Å². The first-order chi connectivity index (χ1) is 13.8. The minimum atomic E-state index is -3.52. The molecule has 0 atom stereocenters. The Morgan fingerprint density at radius 3 is 2.76 bits per heavy atom. The zero-order chi connectivity index (χ0) is 20.6. The molecule has 29 heavy (non-hydrogen) atoms. The summed E-state index contributed by atoms with van der Waals surface area (Å²) in [5.41, 5.74) is 1.57. The lowest BCUT2D eigenvalue weighted by atomic mass is 10.1. The Morgan fingerprint density at radius 1 is 1.17 bits per heavy atom. The van der Waals surface area contributed by atoms with Crippen LogP contribution in [0, 0.1) is 0 Å². The standard InChI is InChI=1S/C20H19ClN2O5S/c1-29(25,26)23-16(11-14-10-15(21)6-7-18(14)23)12-27-9-8-22-13-28-19-5-3-2-4-17(19)20(22)24/h2-7,10-11H,8-9,12-13H2,1H3. The van der Waals surface area contributed by atoms with Crippen LogP contribution in [0.2, 0.25) is 5.02 Å². The Hall–Kier alpha value is -2.55. The molecule has 152 valence electrons. The molecule has 0 bridgehead atoms. The number of halogens is 1. The zero-order valence-electron chi connectivity index (χ0n) is 15.7. The molecule has 9 heteroatoms. The number of hydrogen-bond donors (Lipinski definition) is 0. The number of carbonyl (C=O) groups excluding carboxylic acids is 1. The van der Waals surface area contributed by atoms with Crippen LogP contribution in [0.15, 0.2) is 48.5 Å². The Balaban J connectivity index is 1.44. The third kappa shape index (κ3) is 3.96. The number of aromatic nitrogens is 1. The molecule has 1 aliphatic rings. The van der Waals surface area contributed by atoms with Gasteiger partial charge >= 0.3 is 0 Å². The first kappa shape index (κ1) is 19.8. The summed E-state index contributed by atoms with van der Waals surface area (Å²) in [6, 6.07) is 13.9. The highest BCUT2D eigenvalue weighted by atomic mass is 35.5. The maximum Gasteiger partial charge on any atom is 0.260 e. The summed E-state index contributed by atoms with van der Waals surface area (Å²) in [4.78, 5) is 14.1. The quantitative estimate of drug-likeness (QED) is 0.557. The van der Waals surface area contributed by atoms with E-state index in [0.717, 1.165) is 11.6 Å². The van der Waals surface area contributed by atoms with E-state index in [2.05, 4.69) is 0 Å². The third-order valence-corrected chi connectivity index (χ3v) is 5.99. The number of para-hydroxylation sites is 1. The van der Waals surface area contributed by atoms with Crippen molar-refractivity contribution in [1.29, 1.82) is 0 Å². The fourth-order valence-electron chi connectivity index (χ4n) is 3.37. The number of hydrogen-bond acceptors (Lipinski definition) is 5. The number of benzene rings is 2. The van der Waals surface area contributed by atoms with Crippen LogP contribution >= 0.6 is 11.6 Å². The van der Waals surface area contributed by atoms with Crippen molar-refractivity contribution in [2.45, 2.75) is 6.61 Å².